The van der Waals surface area contributed by atoms with Crippen molar-refractivity contribution in [1.82, 2.24) is 15.5 Å². The average molecular weight is 541 g/mol. The molecule has 0 spiro atoms. The fourth-order valence-corrected chi connectivity index (χ4v) is 5.98. The third kappa shape index (κ3) is 4.75. The summed E-state index contributed by atoms with van der Waals surface area (Å²) >= 11 is 9.49. The SMILES string of the molecule is CC1(C)C2CN(C(=O)COc3ccc(Br)cc3Cl)C(C(=O)NC(C=O)CC3CCNC3=O)C21. The molecule has 178 valence electrons. The molecule has 2 saturated heterocycles. The molecule has 8 nitrogen and oxygen atoms in total. The first kappa shape index (κ1) is 24.0. The lowest BCUT2D eigenvalue weighted by Crippen LogP contribution is -2.53. The van der Waals surface area contributed by atoms with Crippen molar-refractivity contribution in [3.63, 3.8) is 0 Å². The summed E-state index contributed by atoms with van der Waals surface area (Å²) in [5.74, 6) is -0.455. The molecule has 0 radical (unpaired) electrons. The second-order valence-corrected chi connectivity index (χ2v) is 10.9. The second-order valence-electron chi connectivity index (χ2n) is 9.57. The number of nitrogens with zero attached hydrogens (tertiary/aromatic N) is 1. The highest BCUT2D eigenvalue weighted by molar-refractivity contribution is 9.10. The van der Waals surface area contributed by atoms with Gasteiger partial charge in [0.15, 0.2) is 6.61 Å². The Labute approximate surface area is 205 Å². The maximum atomic E-state index is 13.2. The molecular weight excluding hydrogens is 514 g/mol. The van der Waals surface area contributed by atoms with E-state index >= 15 is 0 Å². The van der Waals surface area contributed by atoms with Gasteiger partial charge in [0.05, 0.1) is 11.1 Å². The minimum Gasteiger partial charge on any atom is -0.482 e. The molecule has 1 aromatic rings. The maximum Gasteiger partial charge on any atom is 0.261 e. The molecule has 3 amide bonds. The van der Waals surface area contributed by atoms with Gasteiger partial charge in [0.1, 0.15) is 18.1 Å². The topological polar surface area (TPSA) is 105 Å². The summed E-state index contributed by atoms with van der Waals surface area (Å²) < 4.78 is 6.42. The largest absolute Gasteiger partial charge is 0.482 e. The first-order valence-electron chi connectivity index (χ1n) is 11.0. The maximum absolute atomic E-state index is 13.2. The summed E-state index contributed by atoms with van der Waals surface area (Å²) in [4.78, 5) is 51.3. The molecule has 1 aromatic carbocycles. The van der Waals surface area contributed by atoms with Crippen LogP contribution in [-0.2, 0) is 19.2 Å². The monoisotopic (exact) mass is 539 g/mol. The van der Waals surface area contributed by atoms with E-state index in [0.29, 0.717) is 36.6 Å². The Morgan fingerprint density at radius 1 is 1.42 bits per heavy atom. The van der Waals surface area contributed by atoms with Gasteiger partial charge in [0.2, 0.25) is 11.8 Å². The number of aldehydes is 1. The van der Waals surface area contributed by atoms with E-state index in [1.54, 1.807) is 23.1 Å². The van der Waals surface area contributed by atoms with E-state index in [9.17, 15) is 19.2 Å². The minimum atomic E-state index is -0.776. The van der Waals surface area contributed by atoms with Crippen molar-refractivity contribution in [3.05, 3.63) is 27.7 Å². The minimum absolute atomic E-state index is 0.0137. The number of benzene rings is 1. The molecule has 33 heavy (non-hydrogen) atoms. The fourth-order valence-electron chi connectivity index (χ4n) is 5.25. The number of nitrogens with one attached hydrogen (secondary N) is 2. The van der Waals surface area contributed by atoms with Gasteiger partial charge in [0, 0.05) is 23.5 Å². The van der Waals surface area contributed by atoms with Crippen molar-refractivity contribution in [3.8, 4) is 5.75 Å². The lowest BCUT2D eigenvalue weighted by molar-refractivity contribution is -0.142. The highest BCUT2D eigenvalue weighted by atomic mass is 79.9. The lowest BCUT2D eigenvalue weighted by Gasteiger charge is -2.31. The first-order chi connectivity index (χ1) is 15.6. The Morgan fingerprint density at radius 3 is 2.82 bits per heavy atom. The molecule has 3 aliphatic rings. The number of fused-ring (bicyclic) bond motifs is 1. The van der Waals surface area contributed by atoms with Crippen molar-refractivity contribution in [2.24, 2.45) is 23.2 Å². The van der Waals surface area contributed by atoms with Gasteiger partial charge in [-0.25, -0.2) is 0 Å². The molecule has 4 rings (SSSR count). The lowest BCUT2D eigenvalue weighted by atomic mass is 9.97. The second kappa shape index (κ2) is 9.25. The average Bonchev–Trinajstić information content (AvgIpc) is 3.12. The zero-order valence-corrected chi connectivity index (χ0v) is 20.8. The van der Waals surface area contributed by atoms with Crippen LogP contribution in [0.3, 0.4) is 0 Å². The molecular formula is C23H27BrClN3O5. The van der Waals surface area contributed by atoms with Crippen LogP contribution in [0.15, 0.2) is 22.7 Å². The van der Waals surface area contributed by atoms with Crippen LogP contribution < -0.4 is 15.4 Å². The van der Waals surface area contributed by atoms with Crippen molar-refractivity contribution in [1.29, 1.82) is 0 Å². The Balaban J connectivity index is 1.42. The molecule has 3 fully saturated rings. The van der Waals surface area contributed by atoms with Crippen molar-refractivity contribution in [2.45, 2.75) is 38.8 Å². The molecule has 2 heterocycles. The number of ether oxygens (including phenoxy) is 1. The third-order valence-electron chi connectivity index (χ3n) is 7.24. The number of halogens is 2. The summed E-state index contributed by atoms with van der Waals surface area (Å²) in [6.07, 6.45) is 1.56. The van der Waals surface area contributed by atoms with Gasteiger partial charge in [-0.1, -0.05) is 41.4 Å². The third-order valence-corrected chi connectivity index (χ3v) is 8.02. The number of hydrogen-bond acceptors (Lipinski definition) is 5. The van der Waals surface area contributed by atoms with Crippen LogP contribution >= 0.6 is 27.5 Å². The number of rotatable bonds is 8. The molecule has 1 saturated carbocycles. The van der Waals surface area contributed by atoms with Gasteiger partial charge >= 0.3 is 0 Å². The number of likely N-dealkylation sites (tertiary alicyclic amines) is 1. The quantitative estimate of drug-likeness (QED) is 0.492. The van der Waals surface area contributed by atoms with Crippen LogP contribution in [0.5, 0.6) is 5.75 Å². The predicted molar refractivity (Wildman–Crippen MR) is 125 cm³/mol. The van der Waals surface area contributed by atoms with Crippen LogP contribution in [0.1, 0.15) is 26.7 Å². The van der Waals surface area contributed by atoms with Gasteiger partial charge in [-0.15, -0.1) is 0 Å². The summed E-state index contributed by atoms with van der Waals surface area (Å²) in [6.45, 7) is 4.96. The van der Waals surface area contributed by atoms with E-state index in [2.05, 4.69) is 40.4 Å². The number of piperidine rings is 1. The molecule has 10 heteroatoms. The Kier molecular flexibility index (Phi) is 6.73. The highest BCUT2D eigenvalue weighted by Crippen LogP contribution is 2.64. The summed E-state index contributed by atoms with van der Waals surface area (Å²) in [7, 11) is 0. The Morgan fingerprint density at radius 2 is 2.18 bits per heavy atom. The van der Waals surface area contributed by atoms with E-state index in [4.69, 9.17) is 16.3 Å². The molecule has 0 bridgehead atoms. The molecule has 1 aliphatic carbocycles. The van der Waals surface area contributed by atoms with Crippen LogP contribution in [0, 0.1) is 23.2 Å². The molecule has 5 unspecified atom stereocenters. The summed E-state index contributed by atoms with van der Waals surface area (Å²) in [6, 6.07) is 3.65. The van der Waals surface area contributed by atoms with Gasteiger partial charge in [-0.2, -0.15) is 0 Å². The molecule has 0 aromatic heterocycles. The van der Waals surface area contributed by atoms with Crippen LogP contribution in [-0.4, -0.2) is 60.7 Å². The zero-order chi connectivity index (χ0) is 23.9. The van der Waals surface area contributed by atoms with E-state index in [1.165, 1.54) is 0 Å². The fraction of sp³-hybridized carbons (Fsp3) is 0.565. The van der Waals surface area contributed by atoms with Gasteiger partial charge in [-0.3, -0.25) is 14.4 Å². The number of hydrogen-bond donors (Lipinski definition) is 2. The van der Waals surface area contributed by atoms with Crippen molar-refractivity contribution >= 4 is 51.5 Å². The first-order valence-corrected chi connectivity index (χ1v) is 12.2. The zero-order valence-electron chi connectivity index (χ0n) is 18.5. The molecule has 5 atom stereocenters. The normalized spacial score (nSPS) is 28.0. The summed E-state index contributed by atoms with van der Waals surface area (Å²) in [5.41, 5.74) is -0.0589. The van der Waals surface area contributed by atoms with E-state index < -0.39 is 12.1 Å². The molecule has 2 aliphatic heterocycles. The Bertz CT molecular complexity index is 987. The number of carbonyl (C=O) groups excluding carboxylic acids is 4. The van der Waals surface area contributed by atoms with E-state index in [0.717, 1.165) is 4.47 Å². The van der Waals surface area contributed by atoms with Gasteiger partial charge < -0.3 is 25.1 Å². The van der Waals surface area contributed by atoms with Crippen LogP contribution in [0.25, 0.3) is 0 Å². The standard InChI is InChI=1S/C23H27BrClN3O5/c1-23(2)15-9-28(18(30)11-33-17-4-3-13(24)8-16(17)25)20(19(15)23)22(32)27-14(10-29)7-12-5-6-26-21(12)31/h3-4,8,10,12,14-15,19-20H,5-7,9,11H2,1-2H3,(H,26,31)(H,27,32). The van der Waals surface area contributed by atoms with E-state index in [-0.39, 0.29) is 53.9 Å². The van der Waals surface area contributed by atoms with E-state index in [1.807, 2.05) is 0 Å². The van der Waals surface area contributed by atoms with Gasteiger partial charge in [0.25, 0.3) is 5.91 Å². The van der Waals surface area contributed by atoms with Crippen molar-refractivity contribution < 1.29 is 23.9 Å². The van der Waals surface area contributed by atoms with Crippen LogP contribution in [0.2, 0.25) is 5.02 Å². The number of amides is 3. The molecule has 2 N–H and O–H groups in total. The number of carbonyl (C=O) groups is 4. The van der Waals surface area contributed by atoms with Crippen LogP contribution in [0.4, 0.5) is 0 Å². The smallest absolute Gasteiger partial charge is 0.261 e. The highest BCUT2D eigenvalue weighted by Gasteiger charge is 2.69. The van der Waals surface area contributed by atoms with Crippen molar-refractivity contribution in [2.75, 3.05) is 19.7 Å². The predicted octanol–water partition coefficient (Wildman–Crippen LogP) is 2.17. The van der Waals surface area contributed by atoms with Gasteiger partial charge in [-0.05, 0) is 48.3 Å². The summed E-state index contributed by atoms with van der Waals surface area (Å²) in [5, 5.41) is 5.90. The Hall–Kier alpha value is -2.13.